The van der Waals surface area contributed by atoms with Crippen molar-refractivity contribution >= 4 is 5.65 Å². The van der Waals surface area contributed by atoms with E-state index in [9.17, 15) is 0 Å². The third kappa shape index (κ3) is 2.41. The number of furan rings is 1. The van der Waals surface area contributed by atoms with Gasteiger partial charge in [-0.3, -0.25) is 4.40 Å². The molecule has 0 amide bonds. The Hall–Kier alpha value is -2.14. The van der Waals surface area contributed by atoms with E-state index in [4.69, 9.17) is 4.42 Å². The van der Waals surface area contributed by atoms with Crippen LogP contribution in [0.1, 0.15) is 49.6 Å². The monoisotopic (exact) mass is 296 g/mol. The highest BCUT2D eigenvalue weighted by atomic mass is 16.3. The molecule has 0 bridgehead atoms. The fourth-order valence-corrected chi connectivity index (χ4v) is 2.91. The van der Waals surface area contributed by atoms with Crippen molar-refractivity contribution in [2.24, 2.45) is 5.92 Å². The molecule has 3 heterocycles. The smallest absolute Gasteiger partial charge is 0.160 e. The Morgan fingerprint density at radius 1 is 1.32 bits per heavy atom. The first kappa shape index (κ1) is 13.5. The Kier molecular flexibility index (Phi) is 3.22. The van der Waals surface area contributed by atoms with Gasteiger partial charge in [-0.25, -0.2) is 0 Å². The average Bonchev–Trinajstić information content (AvgIpc) is 2.95. The van der Waals surface area contributed by atoms with E-state index in [0.29, 0.717) is 12.5 Å². The molecule has 3 aromatic rings. The first-order valence-corrected chi connectivity index (χ1v) is 7.84. The number of rotatable bonds is 5. The number of fused-ring (bicyclic) bond motifs is 1. The molecule has 0 aromatic carbocycles. The van der Waals surface area contributed by atoms with Crippen LogP contribution < -0.4 is 5.32 Å². The van der Waals surface area contributed by atoms with Crippen LogP contribution in [0.25, 0.3) is 5.65 Å². The number of nitrogens with one attached hydrogen (secondary N) is 1. The molecule has 1 aliphatic carbocycles. The lowest BCUT2D eigenvalue weighted by Crippen LogP contribution is -2.20. The van der Waals surface area contributed by atoms with E-state index >= 15 is 0 Å². The SMILES string of the molecule is CC(NCc1ccc(C2CC2C)o1)c1nnc2ccccn12. The third-order valence-corrected chi connectivity index (χ3v) is 4.47. The Bertz CT molecular complexity index is 791. The molecule has 1 saturated carbocycles. The molecule has 3 unspecified atom stereocenters. The summed E-state index contributed by atoms with van der Waals surface area (Å²) in [6, 6.07) is 10.2. The molecule has 0 spiro atoms. The minimum Gasteiger partial charge on any atom is -0.464 e. The molecule has 1 aliphatic rings. The molecule has 3 aromatic heterocycles. The van der Waals surface area contributed by atoms with Gasteiger partial charge in [-0.2, -0.15) is 0 Å². The van der Waals surface area contributed by atoms with E-state index in [2.05, 4.69) is 41.5 Å². The quantitative estimate of drug-likeness (QED) is 0.785. The number of hydrogen-bond acceptors (Lipinski definition) is 4. The molecule has 3 atom stereocenters. The van der Waals surface area contributed by atoms with Gasteiger partial charge < -0.3 is 9.73 Å². The highest BCUT2D eigenvalue weighted by Gasteiger charge is 2.36. The predicted octanol–water partition coefficient (Wildman–Crippen LogP) is 3.30. The molecule has 114 valence electrons. The van der Waals surface area contributed by atoms with Crippen molar-refractivity contribution in [2.45, 2.75) is 38.8 Å². The highest BCUT2D eigenvalue weighted by Crippen LogP contribution is 2.47. The van der Waals surface area contributed by atoms with Crippen molar-refractivity contribution in [3.8, 4) is 0 Å². The maximum Gasteiger partial charge on any atom is 0.160 e. The van der Waals surface area contributed by atoms with E-state index in [1.807, 2.05) is 28.8 Å². The standard InChI is InChI=1S/C17H20N4O/c1-11-9-14(11)15-7-6-13(22-15)10-18-12(2)17-20-19-16-5-3-4-8-21(16)17/h3-8,11-12,14,18H,9-10H2,1-2H3. The van der Waals surface area contributed by atoms with E-state index < -0.39 is 0 Å². The van der Waals surface area contributed by atoms with E-state index in [1.54, 1.807) is 0 Å². The summed E-state index contributed by atoms with van der Waals surface area (Å²) < 4.78 is 7.94. The molecule has 22 heavy (non-hydrogen) atoms. The second kappa shape index (κ2) is 5.25. The van der Waals surface area contributed by atoms with E-state index in [-0.39, 0.29) is 6.04 Å². The Morgan fingerprint density at radius 3 is 3.00 bits per heavy atom. The van der Waals surface area contributed by atoms with Crippen molar-refractivity contribution in [3.63, 3.8) is 0 Å². The largest absolute Gasteiger partial charge is 0.464 e. The molecule has 1 fully saturated rings. The zero-order valence-electron chi connectivity index (χ0n) is 12.9. The Morgan fingerprint density at radius 2 is 2.18 bits per heavy atom. The van der Waals surface area contributed by atoms with E-state index in [1.165, 1.54) is 6.42 Å². The Labute approximate surface area is 129 Å². The van der Waals surface area contributed by atoms with Gasteiger partial charge in [0.15, 0.2) is 11.5 Å². The number of hydrogen-bond donors (Lipinski definition) is 1. The van der Waals surface area contributed by atoms with Crippen LogP contribution in [-0.4, -0.2) is 14.6 Å². The Balaban J connectivity index is 1.43. The first-order chi connectivity index (χ1) is 10.7. The molecule has 5 heteroatoms. The van der Waals surface area contributed by atoms with Crippen molar-refractivity contribution in [3.05, 3.63) is 53.9 Å². The summed E-state index contributed by atoms with van der Waals surface area (Å²) in [5, 5.41) is 11.9. The van der Waals surface area contributed by atoms with Gasteiger partial charge in [0, 0.05) is 12.1 Å². The number of pyridine rings is 1. The van der Waals surface area contributed by atoms with Crippen LogP contribution >= 0.6 is 0 Å². The normalized spacial score (nSPS) is 22.1. The molecular weight excluding hydrogens is 276 g/mol. The van der Waals surface area contributed by atoms with Crippen molar-refractivity contribution in [2.75, 3.05) is 0 Å². The second-order valence-electron chi connectivity index (χ2n) is 6.21. The lowest BCUT2D eigenvalue weighted by molar-refractivity contribution is 0.425. The van der Waals surface area contributed by atoms with Crippen molar-refractivity contribution in [1.29, 1.82) is 0 Å². The second-order valence-corrected chi connectivity index (χ2v) is 6.21. The lowest BCUT2D eigenvalue weighted by atomic mass is 10.3. The topological polar surface area (TPSA) is 55.4 Å². The van der Waals surface area contributed by atoms with Gasteiger partial charge in [0.1, 0.15) is 11.5 Å². The summed E-state index contributed by atoms with van der Waals surface area (Å²) in [5.74, 6) is 4.43. The fraction of sp³-hybridized carbons (Fsp3) is 0.412. The summed E-state index contributed by atoms with van der Waals surface area (Å²) in [4.78, 5) is 0. The van der Waals surface area contributed by atoms with Gasteiger partial charge in [-0.1, -0.05) is 13.0 Å². The van der Waals surface area contributed by atoms with Crippen LogP contribution in [0.2, 0.25) is 0 Å². The molecule has 0 saturated heterocycles. The zero-order chi connectivity index (χ0) is 15.1. The maximum atomic E-state index is 5.93. The van der Waals surface area contributed by atoms with Crippen LogP contribution in [0.15, 0.2) is 40.9 Å². The van der Waals surface area contributed by atoms with Gasteiger partial charge in [0.2, 0.25) is 0 Å². The van der Waals surface area contributed by atoms with Crippen molar-refractivity contribution < 1.29 is 4.42 Å². The minimum atomic E-state index is 0.103. The lowest BCUT2D eigenvalue weighted by Gasteiger charge is -2.11. The molecule has 4 rings (SSSR count). The van der Waals surface area contributed by atoms with Crippen LogP contribution in [0.4, 0.5) is 0 Å². The minimum absolute atomic E-state index is 0.103. The van der Waals surface area contributed by atoms with Gasteiger partial charge in [-0.15, -0.1) is 10.2 Å². The molecule has 5 nitrogen and oxygen atoms in total. The summed E-state index contributed by atoms with van der Waals surface area (Å²) in [5.41, 5.74) is 0.870. The van der Waals surface area contributed by atoms with Gasteiger partial charge in [0.05, 0.1) is 12.6 Å². The highest BCUT2D eigenvalue weighted by molar-refractivity contribution is 5.37. The molecule has 0 aliphatic heterocycles. The third-order valence-electron chi connectivity index (χ3n) is 4.47. The molecule has 1 N–H and O–H groups in total. The van der Waals surface area contributed by atoms with Crippen molar-refractivity contribution in [1.82, 2.24) is 19.9 Å². The average molecular weight is 296 g/mol. The van der Waals surface area contributed by atoms with Crippen LogP contribution in [-0.2, 0) is 6.54 Å². The van der Waals surface area contributed by atoms with Gasteiger partial charge >= 0.3 is 0 Å². The number of aromatic nitrogens is 3. The van der Waals surface area contributed by atoms with Gasteiger partial charge in [0.25, 0.3) is 0 Å². The number of nitrogens with zero attached hydrogens (tertiary/aromatic N) is 3. The summed E-state index contributed by atoms with van der Waals surface area (Å²) in [6.07, 6.45) is 3.24. The molecule has 0 radical (unpaired) electrons. The molecular formula is C17H20N4O. The van der Waals surface area contributed by atoms with Crippen LogP contribution in [0.3, 0.4) is 0 Å². The van der Waals surface area contributed by atoms with Crippen LogP contribution in [0, 0.1) is 5.92 Å². The zero-order valence-corrected chi connectivity index (χ0v) is 12.9. The first-order valence-electron chi connectivity index (χ1n) is 7.84. The summed E-state index contributed by atoms with van der Waals surface area (Å²) in [6.45, 7) is 5.06. The predicted molar refractivity (Wildman–Crippen MR) is 83.5 cm³/mol. The maximum absolute atomic E-state index is 5.93. The van der Waals surface area contributed by atoms with E-state index in [0.717, 1.165) is 28.9 Å². The van der Waals surface area contributed by atoms with Crippen LogP contribution in [0.5, 0.6) is 0 Å². The fourth-order valence-electron chi connectivity index (χ4n) is 2.91. The summed E-state index contributed by atoms with van der Waals surface area (Å²) >= 11 is 0. The van der Waals surface area contributed by atoms with Gasteiger partial charge in [-0.05, 0) is 43.5 Å². The summed E-state index contributed by atoms with van der Waals surface area (Å²) in [7, 11) is 0.